The Balaban J connectivity index is 1.62. The summed E-state index contributed by atoms with van der Waals surface area (Å²) in [6.07, 6.45) is 6.28. The van der Waals surface area contributed by atoms with Gasteiger partial charge >= 0.3 is 0 Å². The van der Waals surface area contributed by atoms with Gasteiger partial charge in [0.15, 0.2) is 0 Å². The quantitative estimate of drug-likeness (QED) is 0.803. The van der Waals surface area contributed by atoms with Gasteiger partial charge in [-0.3, -0.25) is 0 Å². The Bertz CT molecular complexity index is 861. The molecule has 2 N–H and O–H groups in total. The van der Waals surface area contributed by atoms with Crippen LogP contribution < -0.4 is 20.7 Å². The first kappa shape index (κ1) is 17.1. The number of nitrogens with zero attached hydrogens (tertiary/aromatic N) is 2. The van der Waals surface area contributed by atoms with Crippen LogP contribution in [0, 0.1) is 23.2 Å². The number of anilines is 1. The number of ether oxygens (including phenoxy) is 1. The number of methoxy groups -OCH3 is 1. The molecular formula is C20H23N4OP. The molecule has 1 fully saturated rings. The summed E-state index contributed by atoms with van der Waals surface area (Å²) >= 11 is 0. The Kier molecular flexibility index (Phi) is 4.46. The fourth-order valence-electron chi connectivity index (χ4n) is 3.60. The molecule has 1 saturated carbocycles. The molecular weight excluding hydrogens is 343 g/mol. The molecule has 1 aliphatic carbocycles. The molecule has 0 bridgehead atoms. The van der Waals surface area contributed by atoms with Crippen molar-refractivity contribution in [2.75, 3.05) is 25.8 Å². The van der Waals surface area contributed by atoms with Gasteiger partial charge < -0.3 is 15.4 Å². The second-order valence-corrected chi connectivity index (χ2v) is 9.44. The molecule has 3 aliphatic rings. The lowest BCUT2D eigenvalue weighted by Gasteiger charge is -2.26. The molecule has 2 heterocycles. The summed E-state index contributed by atoms with van der Waals surface area (Å²) in [6, 6.07) is 8.65. The van der Waals surface area contributed by atoms with Gasteiger partial charge in [0.2, 0.25) is 0 Å². The lowest BCUT2D eigenvalue weighted by Crippen LogP contribution is -2.33. The van der Waals surface area contributed by atoms with Crippen LogP contribution in [0.15, 0.2) is 46.6 Å². The fourth-order valence-corrected chi connectivity index (χ4v) is 4.35. The molecule has 26 heavy (non-hydrogen) atoms. The van der Waals surface area contributed by atoms with Crippen LogP contribution in [0.5, 0.6) is 5.75 Å². The number of amidine groups is 1. The zero-order valence-corrected chi connectivity index (χ0v) is 16.2. The van der Waals surface area contributed by atoms with E-state index in [1.165, 1.54) is 23.7 Å². The maximum atomic E-state index is 9.40. The fraction of sp³-hybridized carbons (Fsp3) is 0.400. The third-order valence-corrected chi connectivity index (χ3v) is 6.45. The van der Waals surface area contributed by atoms with Crippen molar-refractivity contribution in [1.29, 1.82) is 5.26 Å². The van der Waals surface area contributed by atoms with Gasteiger partial charge in [0, 0.05) is 6.20 Å². The number of fused-ring (bicyclic) bond motifs is 1. The van der Waals surface area contributed by atoms with Crippen molar-refractivity contribution in [3.8, 4) is 11.8 Å². The predicted octanol–water partition coefficient (Wildman–Crippen LogP) is 3.18. The zero-order valence-electron chi connectivity index (χ0n) is 15.3. The molecule has 6 heteroatoms. The van der Waals surface area contributed by atoms with E-state index >= 15 is 0 Å². The van der Waals surface area contributed by atoms with Gasteiger partial charge in [0.1, 0.15) is 17.8 Å². The molecule has 2 unspecified atom stereocenters. The first-order valence-electron chi connectivity index (χ1n) is 8.88. The number of benzene rings is 1. The molecule has 0 amide bonds. The molecule has 0 saturated heterocycles. The maximum Gasteiger partial charge on any atom is 0.142 e. The topological polar surface area (TPSA) is 69.4 Å². The Morgan fingerprint density at radius 2 is 2.15 bits per heavy atom. The molecule has 1 aromatic rings. The van der Waals surface area contributed by atoms with Crippen LogP contribution >= 0.6 is 7.92 Å². The minimum Gasteiger partial charge on any atom is -0.495 e. The third-order valence-electron chi connectivity index (χ3n) is 5.14. The summed E-state index contributed by atoms with van der Waals surface area (Å²) in [5.74, 6) is 2.33. The van der Waals surface area contributed by atoms with E-state index < -0.39 is 0 Å². The van der Waals surface area contributed by atoms with Crippen molar-refractivity contribution in [3.05, 3.63) is 41.6 Å². The van der Waals surface area contributed by atoms with Crippen LogP contribution in [0.4, 0.5) is 5.69 Å². The Morgan fingerprint density at radius 1 is 1.35 bits per heavy atom. The average Bonchev–Trinajstić information content (AvgIpc) is 3.41. The van der Waals surface area contributed by atoms with Gasteiger partial charge in [0.25, 0.3) is 0 Å². The summed E-state index contributed by atoms with van der Waals surface area (Å²) in [4.78, 5) is 4.79. The zero-order chi connectivity index (χ0) is 18.3. The monoisotopic (exact) mass is 366 g/mol. The lowest BCUT2D eigenvalue weighted by molar-refractivity contribution is 0.417. The number of rotatable bonds is 4. The molecule has 0 spiro atoms. The SMILES string of the molecule is COc1cc(P(C)C)ccc1NC1=NC2NC=C(C#N)C2C(C2CC2)=C1. The van der Waals surface area contributed by atoms with Crippen LogP contribution in [0.1, 0.15) is 12.8 Å². The van der Waals surface area contributed by atoms with Crippen molar-refractivity contribution in [2.45, 2.75) is 19.0 Å². The predicted molar refractivity (Wildman–Crippen MR) is 107 cm³/mol. The Morgan fingerprint density at radius 3 is 2.81 bits per heavy atom. The first-order valence-corrected chi connectivity index (χ1v) is 11.1. The van der Waals surface area contributed by atoms with Gasteiger partial charge in [0.05, 0.1) is 30.4 Å². The van der Waals surface area contributed by atoms with Crippen LogP contribution in [-0.2, 0) is 0 Å². The third kappa shape index (κ3) is 3.10. The second kappa shape index (κ2) is 6.78. The minimum absolute atomic E-state index is 0.0860. The molecule has 0 radical (unpaired) electrons. The van der Waals surface area contributed by atoms with Crippen LogP contribution in [-0.4, -0.2) is 32.4 Å². The Hall–Kier alpha value is -2.31. The number of aliphatic imine (C=N–C) groups is 1. The number of hydrogen-bond donors (Lipinski definition) is 2. The largest absolute Gasteiger partial charge is 0.495 e. The lowest BCUT2D eigenvalue weighted by atomic mass is 9.86. The molecule has 1 aromatic carbocycles. The van der Waals surface area contributed by atoms with E-state index in [2.05, 4.69) is 54.3 Å². The van der Waals surface area contributed by atoms with E-state index in [9.17, 15) is 5.26 Å². The van der Waals surface area contributed by atoms with Crippen molar-refractivity contribution in [1.82, 2.24) is 5.32 Å². The van der Waals surface area contributed by atoms with E-state index in [0.29, 0.717) is 5.92 Å². The summed E-state index contributed by atoms with van der Waals surface area (Å²) in [5, 5.41) is 17.4. The van der Waals surface area contributed by atoms with Gasteiger partial charge in [-0.05, 0) is 55.6 Å². The van der Waals surface area contributed by atoms with Crippen LogP contribution in [0.25, 0.3) is 0 Å². The van der Waals surface area contributed by atoms with E-state index in [-0.39, 0.29) is 20.0 Å². The molecule has 2 aliphatic heterocycles. The van der Waals surface area contributed by atoms with Gasteiger partial charge in [-0.15, -0.1) is 0 Å². The van der Waals surface area contributed by atoms with E-state index in [1.54, 1.807) is 7.11 Å². The van der Waals surface area contributed by atoms with Crippen LogP contribution in [0.3, 0.4) is 0 Å². The summed E-state index contributed by atoms with van der Waals surface area (Å²) < 4.78 is 5.59. The van der Waals surface area contributed by atoms with Gasteiger partial charge in [-0.1, -0.05) is 19.6 Å². The highest BCUT2D eigenvalue weighted by Crippen LogP contribution is 2.46. The van der Waals surface area contributed by atoms with Crippen molar-refractivity contribution < 1.29 is 4.74 Å². The number of nitriles is 1. The van der Waals surface area contributed by atoms with Gasteiger partial charge in [-0.25, -0.2) is 4.99 Å². The summed E-state index contributed by atoms with van der Waals surface area (Å²) in [6.45, 7) is 4.47. The normalized spacial score (nSPS) is 24.0. The average molecular weight is 366 g/mol. The second-order valence-electron chi connectivity index (χ2n) is 7.14. The highest BCUT2D eigenvalue weighted by molar-refractivity contribution is 7.64. The van der Waals surface area contributed by atoms with E-state index in [4.69, 9.17) is 9.73 Å². The Labute approximate surface area is 155 Å². The van der Waals surface area contributed by atoms with Crippen molar-refractivity contribution in [3.63, 3.8) is 0 Å². The highest BCUT2D eigenvalue weighted by Gasteiger charge is 2.41. The van der Waals surface area contributed by atoms with Crippen molar-refractivity contribution >= 4 is 24.7 Å². The van der Waals surface area contributed by atoms with E-state index in [1.807, 2.05) is 6.20 Å². The van der Waals surface area contributed by atoms with E-state index in [0.717, 1.165) is 22.8 Å². The number of hydrogen-bond acceptors (Lipinski definition) is 5. The standard InChI is InChI=1S/C20H23N4OP/c1-25-17-8-14(26(2)3)6-7-16(17)23-18-9-15(12-4-5-12)19-13(10-21)11-22-20(19)24-18/h6-9,11-12,19-20,22H,4-5H2,1-3H3,(H,23,24). The number of dihydropyridines is 1. The molecule has 5 nitrogen and oxygen atoms in total. The smallest absolute Gasteiger partial charge is 0.142 e. The van der Waals surface area contributed by atoms with Gasteiger partial charge in [-0.2, -0.15) is 5.26 Å². The molecule has 0 aromatic heterocycles. The number of nitrogens with one attached hydrogen (secondary N) is 2. The van der Waals surface area contributed by atoms with Crippen molar-refractivity contribution in [2.24, 2.45) is 16.8 Å². The molecule has 134 valence electrons. The molecule has 4 rings (SSSR count). The molecule has 2 atom stereocenters. The highest BCUT2D eigenvalue weighted by atomic mass is 31.1. The summed E-state index contributed by atoms with van der Waals surface area (Å²) in [5.41, 5.74) is 3.03. The minimum atomic E-state index is -0.169. The summed E-state index contributed by atoms with van der Waals surface area (Å²) in [7, 11) is 1.53. The first-order chi connectivity index (χ1) is 12.6. The van der Waals surface area contributed by atoms with Crippen LogP contribution in [0.2, 0.25) is 0 Å². The maximum absolute atomic E-state index is 9.40.